The number of halogens is 3. The van der Waals surface area contributed by atoms with E-state index in [2.05, 4.69) is 26.2 Å². The molecule has 0 fully saturated rings. The molecule has 8 nitrogen and oxygen atoms in total. The molecule has 1 amide bonds. The molecule has 0 aromatic heterocycles. The normalized spacial score (nSPS) is 24.3. The number of carbonyl (C=O) groups excluding carboxylic acids is 1. The van der Waals surface area contributed by atoms with Crippen molar-refractivity contribution < 1.29 is 23.2 Å². The van der Waals surface area contributed by atoms with Gasteiger partial charge in [0.2, 0.25) is 11.7 Å². The number of hydrogen-bond donors (Lipinski definition) is 2. The summed E-state index contributed by atoms with van der Waals surface area (Å²) in [4.78, 5) is 26.8. The standard InChI is InChI=1S/C15H15BrF2N4O4/c1-20-12-10(22(24)25)6-15(13(19)23,8-2-4-9(16)5-3-8)14(21-12)26-7-11(17)18/h2-6,11,14H,7H2,1H3,(H2,19,23)(H,20,21). The number of rotatable bonds is 6. The van der Waals surface area contributed by atoms with Gasteiger partial charge in [-0.2, -0.15) is 0 Å². The highest BCUT2D eigenvalue weighted by Gasteiger charge is 2.52. The molecule has 11 heteroatoms. The van der Waals surface area contributed by atoms with Crippen LogP contribution in [0.1, 0.15) is 5.56 Å². The van der Waals surface area contributed by atoms with Gasteiger partial charge in [-0.05, 0) is 17.7 Å². The molecule has 0 radical (unpaired) electrons. The smallest absolute Gasteiger partial charge is 0.308 e. The maximum absolute atomic E-state index is 12.7. The molecule has 1 aromatic rings. The molecule has 2 rings (SSSR count). The Morgan fingerprint density at radius 3 is 2.58 bits per heavy atom. The van der Waals surface area contributed by atoms with Crippen molar-refractivity contribution in [2.75, 3.05) is 13.7 Å². The van der Waals surface area contributed by atoms with Gasteiger partial charge < -0.3 is 15.8 Å². The molecule has 2 atom stereocenters. The molecule has 26 heavy (non-hydrogen) atoms. The van der Waals surface area contributed by atoms with E-state index in [-0.39, 0.29) is 11.4 Å². The topological polar surface area (TPSA) is 120 Å². The predicted molar refractivity (Wildman–Crippen MR) is 92.3 cm³/mol. The molecule has 3 N–H and O–H groups in total. The number of nitrogens with zero attached hydrogens (tertiary/aromatic N) is 2. The zero-order valence-corrected chi connectivity index (χ0v) is 15.1. The van der Waals surface area contributed by atoms with Gasteiger partial charge >= 0.3 is 5.70 Å². The second kappa shape index (κ2) is 7.87. The summed E-state index contributed by atoms with van der Waals surface area (Å²) < 4.78 is 31.1. The van der Waals surface area contributed by atoms with E-state index in [4.69, 9.17) is 10.5 Å². The van der Waals surface area contributed by atoms with Gasteiger partial charge in [0, 0.05) is 17.6 Å². The molecule has 0 aliphatic carbocycles. The molecule has 140 valence electrons. The number of nitrogens with one attached hydrogen (secondary N) is 1. The summed E-state index contributed by atoms with van der Waals surface area (Å²) in [7, 11) is 1.28. The van der Waals surface area contributed by atoms with Crippen molar-refractivity contribution in [3.8, 4) is 0 Å². The maximum atomic E-state index is 12.7. The lowest BCUT2D eigenvalue weighted by molar-refractivity contribution is -0.416. The highest BCUT2D eigenvalue weighted by molar-refractivity contribution is 9.10. The average molecular weight is 433 g/mol. The van der Waals surface area contributed by atoms with Crippen LogP contribution < -0.4 is 11.1 Å². The van der Waals surface area contributed by atoms with Crippen molar-refractivity contribution in [2.45, 2.75) is 18.1 Å². The maximum Gasteiger partial charge on any atom is 0.308 e. The third kappa shape index (κ3) is 3.73. The second-order valence-electron chi connectivity index (χ2n) is 5.35. The first-order chi connectivity index (χ1) is 12.2. The number of alkyl halides is 2. The molecule has 0 spiro atoms. The van der Waals surface area contributed by atoms with Crippen LogP contribution in [-0.4, -0.2) is 43.0 Å². The number of nitro groups is 1. The summed E-state index contributed by atoms with van der Waals surface area (Å²) in [5.74, 6) is -1.20. The summed E-state index contributed by atoms with van der Waals surface area (Å²) >= 11 is 3.24. The first kappa shape index (κ1) is 19.9. The van der Waals surface area contributed by atoms with Crippen molar-refractivity contribution >= 4 is 27.7 Å². The van der Waals surface area contributed by atoms with Gasteiger partial charge in [0.1, 0.15) is 12.0 Å². The lowest BCUT2D eigenvalue weighted by atomic mass is 9.75. The van der Waals surface area contributed by atoms with Gasteiger partial charge in [-0.25, -0.2) is 8.78 Å². The quantitative estimate of drug-likeness (QED) is 0.522. The third-order valence-corrected chi connectivity index (χ3v) is 4.36. The van der Waals surface area contributed by atoms with E-state index in [0.29, 0.717) is 4.47 Å². The van der Waals surface area contributed by atoms with Crippen LogP contribution in [0, 0.1) is 10.1 Å². The number of hydrogen-bond acceptors (Lipinski definition) is 5. The van der Waals surface area contributed by atoms with E-state index in [1.165, 1.54) is 19.2 Å². The zero-order chi connectivity index (χ0) is 19.5. The number of primary amides is 1. The van der Waals surface area contributed by atoms with Crippen molar-refractivity contribution in [1.82, 2.24) is 5.32 Å². The molecular weight excluding hydrogens is 418 g/mol. The van der Waals surface area contributed by atoms with E-state index in [9.17, 15) is 23.7 Å². The minimum atomic E-state index is -2.81. The van der Waals surface area contributed by atoms with Gasteiger partial charge in [0.15, 0.2) is 6.23 Å². The van der Waals surface area contributed by atoms with Gasteiger partial charge in [0.05, 0.1) is 4.92 Å². The highest BCUT2D eigenvalue weighted by Crippen LogP contribution is 2.36. The number of aliphatic imine (C=N–C) groups is 1. The average Bonchev–Trinajstić information content (AvgIpc) is 2.59. The van der Waals surface area contributed by atoms with Crippen LogP contribution in [0.15, 0.2) is 45.5 Å². The van der Waals surface area contributed by atoms with E-state index in [1.807, 2.05) is 0 Å². The molecule has 1 aliphatic rings. The van der Waals surface area contributed by atoms with Gasteiger partial charge in [-0.3, -0.25) is 19.9 Å². The summed E-state index contributed by atoms with van der Waals surface area (Å²) in [6.07, 6.45) is -3.22. The van der Waals surface area contributed by atoms with Crippen LogP contribution in [-0.2, 0) is 14.9 Å². The van der Waals surface area contributed by atoms with Crippen molar-refractivity contribution in [3.63, 3.8) is 0 Å². The molecule has 2 unspecified atom stereocenters. The predicted octanol–water partition coefficient (Wildman–Crippen LogP) is 1.57. The molecule has 0 saturated heterocycles. The van der Waals surface area contributed by atoms with Crippen LogP contribution >= 0.6 is 15.9 Å². The number of ether oxygens (including phenoxy) is 1. The van der Waals surface area contributed by atoms with Gasteiger partial charge in [-0.15, -0.1) is 0 Å². The van der Waals surface area contributed by atoms with Gasteiger partial charge in [0.25, 0.3) is 6.43 Å². The molecular formula is C15H15BrF2N4O4. The first-order valence-corrected chi connectivity index (χ1v) is 8.08. The number of amides is 1. The number of carbonyl (C=O) groups is 1. The summed E-state index contributed by atoms with van der Waals surface area (Å²) in [6.45, 7) is -0.998. The summed E-state index contributed by atoms with van der Waals surface area (Å²) in [6, 6.07) is 6.18. The molecule has 1 aromatic carbocycles. The van der Waals surface area contributed by atoms with E-state index < -0.39 is 41.2 Å². The largest absolute Gasteiger partial charge is 0.368 e. The molecule has 0 saturated carbocycles. The van der Waals surface area contributed by atoms with Crippen LogP contribution in [0.25, 0.3) is 0 Å². The number of benzene rings is 1. The van der Waals surface area contributed by atoms with Crippen LogP contribution in [0.4, 0.5) is 8.78 Å². The van der Waals surface area contributed by atoms with E-state index in [1.54, 1.807) is 12.1 Å². The monoisotopic (exact) mass is 432 g/mol. The van der Waals surface area contributed by atoms with Crippen LogP contribution in [0.3, 0.4) is 0 Å². The Labute approximate surface area is 155 Å². The minimum Gasteiger partial charge on any atom is -0.368 e. The Balaban J connectivity index is 2.70. The lowest BCUT2D eigenvalue weighted by Crippen LogP contribution is -2.61. The molecule has 1 aliphatic heterocycles. The number of nitrogens with two attached hydrogens (primary N) is 1. The van der Waals surface area contributed by atoms with E-state index in [0.717, 1.165) is 6.08 Å². The Bertz CT molecular complexity index is 769. The fourth-order valence-electron chi connectivity index (χ4n) is 2.63. The summed E-state index contributed by atoms with van der Waals surface area (Å²) in [5.41, 5.74) is 3.41. The fraction of sp³-hybridized carbons (Fsp3) is 0.333. The SMILES string of the molecule is CN=C1NC(OCC(F)F)C(C(N)=O)(c2ccc(Br)cc2)C=C1[N+](=O)[O-]. The minimum absolute atomic E-state index is 0.205. The first-order valence-electron chi connectivity index (χ1n) is 7.29. The Morgan fingerprint density at radius 1 is 1.50 bits per heavy atom. The Kier molecular flexibility index (Phi) is 6.03. The van der Waals surface area contributed by atoms with Crippen molar-refractivity contribution in [1.29, 1.82) is 0 Å². The van der Waals surface area contributed by atoms with Crippen LogP contribution in [0.5, 0.6) is 0 Å². The van der Waals surface area contributed by atoms with Gasteiger partial charge in [-0.1, -0.05) is 28.1 Å². The Morgan fingerprint density at radius 2 is 2.12 bits per heavy atom. The lowest BCUT2D eigenvalue weighted by Gasteiger charge is -2.39. The fourth-order valence-corrected chi connectivity index (χ4v) is 2.90. The Hall–Kier alpha value is -2.40. The highest BCUT2D eigenvalue weighted by atomic mass is 79.9. The number of amidine groups is 1. The van der Waals surface area contributed by atoms with Crippen molar-refractivity contribution in [2.24, 2.45) is 10.7 Å². The summed E-state index contributed by atoms with van der Waals surface area (Å²) in [5, 5.41) is 13.9. The molecule has 0 bridgehead atoms. The second-order valence-corrected chi connectivity index (χ2v) is 6.26. The van der Waals surface area contributed by atoms with E-state index >= 15 is 0 Å². The molecule has 1 heterocycles. The van der Waals surface area contributed by atoms with Crippen LogP contribution in [0.2, 0.25) is 0 Å². The third-order valence-electron chi connectivity index (χ3n) is 3.83. The van der Waals surface area contributed by atoms with Crippen molar-refractivity contribution in [3.05, 3.63) is 56.2 Å². The zero-order valence-electron chi connectivity index (χ0n) is 13.5.